The van der Waals surface area contributed by atoms with Crippen LogP contribution in [-0.4, -0.2) is 15.9 Å². The van der Waals surface area contributed by atoms with Crippen molar-refractivity contribution in [1.29, 1.82) is 0 Å². The van der Waals surface area contributed by atoms with Gasteiger partial charge in [-0.15, -0.1) is 0 Å². The number of anilines is 1. The Hall–Kier alpha value is -2.23. The van der Waals surface area contributed by atoms with Gasteiger partial charge >= 0.3 is 0 Å². The van der Waals surface area contributed by atoms with Gasteiger partial charge in [-0.2, -0.15) is 0 Å². The van der Waals surface area contributed by atoms with Crippen molar-refractivity contribution in [3.8, 4) is 0 Å². The standard InChI is InChI=1S/C16H17N3O/c1-2-11-7-9-17-10-14(11)19-16(20)13-6-5-12-4-3-8-18-15(12)13/h3-4,7-10,13H,2,5-6H2,1H3,(H,19,20). The van der Waals surface area contributed by atoms with Crippen molar-refractivity contribution >= 4 is 11.6 Å². The number of hydrogen-bond donors (Lipinski definition) is 1. The molecule has 102 valence electrons. The van der Waals surface area contributed by atoms with Crippen LogP contribution < -0.4 is 5.32 Å². The molecule has 3 rings (SSSR count). The second kappa shape index (κ2) is 5.41. The van der Waals surface area contributed by atoms with Gasteiger partial charge in [0.05, 0.1) is 23.5 Å². The Morgan fingerprint density at radius 2 is 2.30 bits per heavy atom. The maximum Gasteiger partial charge on any atom is 0.233 e. The summed E-state index contributed by atoms with van der Waals surface area (Å²) in [6, 6.07) is 5.92. The third-order valence-electron chi connectivity index (χ3n) is 3.83. The summed E-state index contributed by atoms with van der Waals surface area (Å²) in [6.45, 7) is 2.07. The van der Waals surface area contributed by atoms with E-state index in [-0.39, 0.29) is 11.8 Å². The predicted molar refractivity (Wildman–Crippen MR) is 77.5 cm³/mol. The van der Waals surface area contributed by atoms with Crippen LogP contribution in [0.15, 0.2) is 36.8 Å². The molecule has 20 heavy (non-hydrogen) atoms. The average molecular weight is 267 g/mol. The van der Waals surface area contributed by atoms with Crippen molar-refractivity contribution in [2.45, 2.75) is 32.1 Å². The molecule has 4 heteroatoms. The summed E-state index contributed by atoms with van der Waals surface area (Å²) in [6.07, 6.45) is 7.85. The second-order valence-corrected chi connectivity index (χ2v) is 5.01. The van der Waals surface area contributed by atoms with Gasteiger partial charge in [-0.3, -0.25) is 14.8 Å². The van der Waals surface area contributed by atoms with Gasteiger partial charge in [-0.05, 0) is 42.5 Å². The summed E-state index contributed by atoms with van der Waals surface area (Å²) in [5.74, 6) is -0.124. The Morgan fingerprint density at radius 3 is 3.15 bits per heavy atom. The predicted octanol–water partition coefficient (Wildman–Crippen LogP) is 2.71. The first kappa shape index (κ1) is 12.8. The molecule has 0 saturated carbocycles. The van der Waals surface area contributed by atoms with Crippen LogP contribution in [-0.2, 0) is 17.6 Å². The van der Waals surface area contributed by atoms with Crippen LogP contribution in [0.2, 0.25) is 0 Å². The number of nitrogens with one attached hydrogen (secondary N) is 1. The van der Waals surface area contributed by atoms with Crippen molar-refractivity contribution in [2.24, 2.45) is 0 Å². The van der Waals surface area contributed by atoms with Gasteiger partial charge in [0, 0.05) is 12.4 Å². The highest BCUT2D eigenvalue weighted by Gasteiger charge is 2.29. The molecular weight excluding hydrogens is 250 g/mol. The number of fused-ring (bicyclic) bond motifs is 1. The van der Waals surface area contributed by atoms with Crippen molar-refractivity contribution in [2.75, 3.05) is 5.32 Å². The minimum atomic E-state index is -0.142. The van der Waals surface area contributed by atoms with Gasteiger partial charge < -0.3 is 5.32 Å². The molecule has 0 bridgehead atoms. The fourth-order valence-corrected chi connectivity index (χ4v) is 2.73. The summed E-state index contributed by atoms with van der Waals surface area (Å²) < 4.78 is 0. The number of pyridine rings is 2. The summed E-state index contributed by atoms with van der Waals surface area (Å²) >= 11 is 0. The minimum Gasteiger partial charge on any atom is -0.324 e. The third-order valence-corrected chi connectivity index (χ3v) is 3.83. The van der Waals surface area contributed by atoms with Crippen LogP contribution in [0.3, 0.4) is 0 Å². The molecule has 2 aromatic rings. The highest BCUT2D eigenvalue weighted by atomic mass is 16.1. The monoisotopic (exact) mass is 267 g/mol. The highest BCUT2D eigenvalue weighted by Crippen LogP contribution is 2.32. The SMILES string of the molecule is CCc1ccncc1NC(=O)C1CCc2cccnc21. The quantitative estimate of drug-likeness (QED) is 0.930. The zero-order valence-corrected chi connectivity index (χ0v) is 11.5. The molecule has 1 amide bonds. The molecule has 0 spiro atoms. The van der Waals surface area contributed by atoms with Gasteiger partial charge in [0.2, 0.25) is 5.91 Å². The van der Waals surface area contributed by atoms with Crippen molar-refractivity contribution in [3.63, 3.8) is 0 Å². The lowest BCUT2D eigenvalue weighted by molar-refractivity contribution is -0.117. The van der Waals surface area contributed by atoms with Crippen LogP contribution in [0.5, 0.6) is 0 Å². The third kappa shape index (κ3) is 2.29. The molecule has 1 aliphatic rings. The van der Waals surface area contributed by atoms with Crippen molar-refractivity contribution in [3.05, 3.63) is 53.6 Å². The van der Waals surface area contributed by atoms with E-state index in [2.05, 4.69) is 28.3 Å². The van der Waals surface area contributed by atoms with E-state index in [1.165, 1.54) is 5.56 Å². The van der Waals surface area contributed by atoms with E-state index in [4.69, 9.17) is 0 Å². The highest BCUT2D eigenvalue weighted by molar-refractivity contribution is 5.96. The molecule has 1 unspecified atom stereocenters. The molecule has 0 radical (unpaired) electrons. The number of rotatable bonds is 3. The molecule has 2 aromatic heterocycles. The van der Waals surface area contributed by atoms with E-state index < -0.39 is 0 Å². The fourth-order valence-electron chi connectivity index (χ4n) is 2.73. The number of nitrogens with zero attached hydrogens (tertiary/aromatic N) is 2. The number of aryl methyl sites for hydroxylation is 2. The van der Waals surface area contributed by atoms with Crippen molar-refractivity contribution in [1.82, 2.24) is 9.97 Å². The van der Waals surface area contributed by atoms with Gasteiger partial charge in [-0.1, -0.05) is 13.0 Å². The zero-order chi connectivity index (χ0) is 13.9. The first-order valence-corrected chi connectivity index (χ1v) is 6.97. The normalized spacial score (nSPS) is 16.8. The number of amides is 1. The van der Waals surface area contributed by atoms with E-state index >= 15 is 0 Å². The molecular formula is C16H17N3O. The molecule has 0 aliphatic heterocycles. The largest absolute Gasteiger partial charge is 0.324 e. The van der Waals surface area contributed by atoms with Gasteiger partial charge in [0.15, 0.2) is 0 Å². The van der Waals surface area contributed by atoms with E-state index in [0.717, 1.165) is 36.2 Å². The average Bonchev–Trinajstić information content (AvgIpc) is 2.92. The van der Waals surface area contributed by atoms with E-state index in [9.17, 15) is 4.79 Å². The Kier molecular flexibility index (Phi) is 3.46. The van der Waals surface area contributed by atoms with Crippen LogP contribution in [0.4, 0.5) is 5.69 Å². The number of aromatic nitrogens is 2. The van der Waals surface area contributed by atoms with Crippen molar-refractivity contribution < 1.29 is 4.79 Å². The number of hydrogen-bond acceptors (Lipinski definition) is 3. The first-order valence-electron chi connectivity index (χ1n) is 6.97. The van der Waals surface area contributed by atoms with Crippen LogP contribution >= 0.6 is 0 Å². The molecule has 1 aliphatic carbocycles. The van der Waals surface area contributed by atoms with Gasteiger partial charge in [0.25, 0.3) is 0 Å². The van der Waals surface area contributed by atoms with E-state index in [1.54, 1.807) is 18.6 Å². The Bertz CT molecular complexity index is 639. The first-order chi connectivity index (χ1) is 9.79. The summed E-state index contributed by atoms with van der Waals surface area (Å²) in [7, 11) is 0. The maximum atomic E-state index is 12.5. The number of carbonyl (C=O) groups is 1. The van der Waals surface area contributed by atoms with E-state index in [0.29, 0.717) is 0 Å². The van der Waals surface area contributed by atoms with Crippen LogP contribution in [0.25, 0.3) is 0 Å². The summed E-state index contributed by atoms with van der Waals surface area (Å²) in [4.78, 5) is 20.9. The molecule has 2 heterocycles. The molecule has 0 aromatic carbocycles. The molecule has 1 atom stereocenters. The topological polar surface area (TPSA) is 54.9 Å². The molecule has 0 saturated heterocycles. The Balaban J connectivity index is 1.81. The van der Waals surface area contributed by atoms with Gasteiger partial charge in [-0.25, -0.2) is 0 Å². The summed E-state index contributed by atoms with van der Waals surface area (Å²) in [5.41, 5.74) is 4.03. The van der Waals surface area contributed by atoms with Crippen LogP contribution in [0, 0.1) is 0 Å². The minimum absolute atomic E-state index is 0.0187. The lowest BCUT2D eigenvalue weighted by Crippen LogP contribution is -2.20. The lowest BCUT2D eigenvalue weighted by Gasteiger charge is -2.13. The van der Waals surface area contributed by atoms with E-state index in [1.807, 2.05) is 12.1 Å². The maximum absolute atomic E-state index is 12.5. The molecule has 0 fully saturated rings. The Morgan fingerprint density at radius 1 is 1.40 bits per heavy atom. The molecule has 1 N–H and O–H groups in total. The fraction of sp³-hybridized carbons (Fsp3) is 0.312. The smallest absolute Gasteiger partial charge is 0.233 e. The Labute approximate surface area is 118 Å². The van der Waals surface area contributed by atoms with Gasteiger partial charge in [0.1, 0.15) is 0 Å². The van der Waals surface area contributed by atoms with Crippen LogP contribution in [0.1, 0.15) is 36.1 Å². The number of carbonyl (C=O) groups excluding carboxylic acids is 1. The molecule has 4 nitrogen and oxygen atoms in total. The lowest BCUT2D eigenvalue weighted by atomic mass is 10.1. The zero-order valence-electron chi connectivity index (χ0n) is 11.5. The summed E-state index contributed by atoms with van der Waals surface area (Å²) in [5, 5.41) is 3.00. The second-order valence-electron chi connectivity index (χ2n) is 5.01.